The number of thioether (sulfide) groups is 1. The molecule has 18 heavy (non-hydrogen) atoms. The number of hydrogen-bond acceptors (Lipinski definition) is 3. The topological polar surface area (TPSA) is 29.5 Å². The van der Waals surface area contributed by atoms with E-state index in [1.54, 1.807) is 11.8 Å². The fourth-order valence-electron chi connectivity index (χ4n) is 2.13. The average molecular weight is 265 g/mol. The van der Waals surface area contributed by atoms with E-state index >= 15 is 0 Å². The molecule has 1 aromatic rings. The predicted molar refractivity (Wildman–Crippen MR) is 73.8 cm³/mol. The highest BCUT2D eigenvalue weighted by molar-refractivity contribution is 8.00. The minimum atomic E-state index is 0.138. The second-order valence-corrected chi connectivity index (χ2v) is 5.71. The SMILES string of the molecule is C[C@@H]1CN(C(=O)CSc2ccccc2)C[C@@H](C)O1. The second-order valence-electron chi connectivity index (χ2n) is 4.66. The normalized spacial score (nSPS) is 24.0. The van der Waals surface area contributed by atoms with Crippen molar-refractivity contribution in [2.45, 2.75) is 31.0 Å². The molecule has 1 aromatic carbocycles. The van der Waals surface area contributed by atoms with Crippen LogP contribution in [0.1, 0.15) is 13.8 Å². The largest absolute Gasteiger partial charge is 0.372 e. The van der Waals surface area contributed by atoms with Crippen LogP contribution in [0.5, 0.6) is 0 Å². The van der Waals surface area contributed by atoms with Crippen LogP contribution in [0.15, 0.2) is 35.2 Å². The fourth-order valence-corrected chi connectivity index (χ4v) is 2.96. The fraction of sp³-hybridized carbons (Fsp3) is 0.500. The van der Waals surface area contributed by atoms with Crippen molar-refractivity contribution in [3.8, 4) is 0 Å². The molecule has 1 saturated heterocycles. The Balaban J connectivity index is 1.84. The average Bonchev–Trinajstić information content (AvgIpc) is 2.36. The van der Waals surface area contributed by atoms with Crippen LogP contribution < -0.4 is 0 Å². The molecule has 1 amide bonds. The first-order chi connectivity index (χ1) is 8.65. The number of amides is 1. The van der Waals surface area contributed by atoms with Gasteiger partial charge in [0.25, 0.3) is 0 Å². The van der Waals surface area contributed by atoms with Gasteiger partial charge in [0.15, 0.2) is 0 Å². The van der Waals surface area contributed by atoms with Crippen LogP contribution in [0.3, 0.4) is 0 Å². The van der Waals surface area contributed by atoms with Gasteiger partial charge in [-0.3, -0.25) is 4.79 Å². The number of carbonyl (C=O) groups excluding carboxylic acids is 1. The van der Waals surface area contributed by atoms with E-state index in [0.29, 0.717) is 18.8 Å². The standard InChI is InChI=1S/C14H19NO2S/c1-11-8-15(9-12(2)17-11)14(16)10-18-13-6-4-3-5-7-13/h3-7,11-12H,8-10H2,1-2H3/t11-,12-/m1/s1. The Morgan fingerprint density at radius 1 is 1.28 bits per heavy atom. The maximum atomic E-state index is 12.1. The summed E-state index contributed by atoms with van der Waals surface area (Å²) in [5.74, 6) is 0.703. The van der Waals surface area contributed by atoms with Crippen molar-refractivity contribution in [2.24, 2.45) is 0 Å². The lowest BCUT2D eigenvalue weighted by Gasteiger charge is -2.35. The molecule has 0 radical (unpaired) electrons. The molecule has 0 aliphatic carbocycles. The van der Waals surface area contributed by atoms with Crippen LogP contribution in [0.2, 0.25) is 0 Å². The van der Waals surface area contributed by atoms with Crippen molar-refractivity contribution in [2.75, 3.05) is 18.8 Å². The van der Waals surface area contributed by atoms with Crippen LogP contribution in [-0.4, -0.2) is 41.9 Å². The van der Waals surface area contributed by atoms with Gasteiger partial charge in [0, 0.05) is 18.0 Å². The van der Waals surface area contributed by atoms with Crippen LogP contribution in [0.25, 0.3) is 0 Å². The number of rotatable bonds is 3. The number of hydrogen-bond donors (Lipinski definition) is 0. The van der Waals surface area contributed by atoms with Gasteiger partial charge in [0.1, 0.15) is 0 Å². The van der Waals surface area contributed by atoms with Gasteiger partial charge in [-0.15, -0.1) is 11.8 Å². The Hall–Kier alpha value is -1.00. The van der Waals surface area contributed by atoms with Crippen molar-refractivity contribution in [1.82, 2.24) is 4.90 Å². The second kappa shape index (κ2) is 6.25. The molecule has 3 nitrogen and oxygen atoms in total. The van der Waals surface area contributed by atoms with Crippen molar-refractivity contribution in [3.63, 3.8) is 0 Å². The van der Waals surface area contributed by atoms with Crippen molar-refractivity contribution in [3.05, 3.63) is 30.3 Å². The number of ether oxygens (including phenoxy) is 1. The summed E-state index contributed by atoms with van der Waals surface area (Å²) in [6, 6.07) is 10.0. The van der Waals surface area contributed by atoms with E-state index in [1.807, 2.05) is 49.1 Å². The van der Waals surface area contributed by atoms with Gasteiger partial charge in [-0.05, 0) is 26.0 Å². The minimum Gasteiger partial charge on any atom is -0.372 e. The molecule has 0 N–H and O–H groups in total. The first-order valence-corrected chi connectivity index (χ1v) is 7.25. The number of carbonyl (C=O) groups is 1. The van der Waals surface area contributed by atoms with E-state index in [1.165, 1.54) is 0 Å². The van der Waals surface area contributed by atoms with Crippen LogP contribution in [-0.2, 0) is 9.53 Å². The number of benzene rings is 1. The van der Waals surface area contributed by atoms with Gasteiger partial charge in [0.2, 0.25) is 5.91 Å². The van der Waals surface area contributed by atoms with E-state index in [0.717, 1.165) is 4.90 Å². The summed E-state index contributed by atoms with van der Waals surface area (Å²) < 4.78 is 5.63. The van der Waals surface area contributed by atoms with Gasteiger partial charge in [-0.2, -0.15) is 0 Å². The zero-order valence-electron chi connectivity index (χ0n) is 10.8. The molecule has 0 spiro atoms. The molecule has 0 unspecified atom stereocenters. The summed E-state index contributed by atoms with van der Waals surface area (Å²) in [7, 11) is 0. The number of morpholine rings is 1. The van der Waals surface area contributed by atoms with Gasteiger partial charge < -0.3 is 9.64 Å². The van der Waals surface area contributed by atoms with Gasteiger partial charge in [-0.1, -0.05) is 18.2 Å². The molecule has 0 aromatic heterocycles. The summed E-state index contributed by atoms with van der Waals surface area (Å²) in [6.07, 6.45) is 0.277. The molecule has 1 heterocycles. The highest BCUT2D eigenvalue weighted by Crippen LogP contribution is 2.19. The third kappa shape index (κ3) is 3.75. The molecule has 1 aliphatic rings. The molecule has 0 saturated carbocycles. The maximum Gasteiger partial charge on any atom is 0.233 e. The monoisotopic (exact) mass is 265 g/mol. The van der Waals surface area contributed by atoms with E-state index < -0.39 is 0 Å². The summed E-state index contributed by atoms with van der Waals surface area (Å²) in [5.41, 5.74) is 0. The minimum absolute atomic E-state index is 0.138. The van der Waals surface area contributed by atoms with Crippen LogP contribution in [0.4, 0.5) is 0 Å². The summed E-state index contributed by atoms with van der Waals surface area (Å²) in [4.78, 5) is 15.2. The molecule has 98 valence electrons. The van der Waals surface area contributed by atoms with Gasteiger partial charge in [-0.25, -0.2) is 0 Å². The van der Waals surface area contributed by atoms with Crippen molar-refractivity contribution >= 4 is 17.7 Å². The van der Waals surface area contributed by atoms with E-state index in [2.05, 4.69) is 0 Å². The Morgan fingerprint density at radius 2 is 1.89 bits per heavy atom. The lowest BCUT2D eigenvalue weighted by atomic mass is 10.2. The summed E-state index contributed by atoms with van der Waals surface area (Å²) in [6.45, 7) is 5.44. The zero-order chi connectivity index (χ0) is 13.0. The Labute approximate surface area is 113 Å². The molecular formula is C14H19NO2S. The third-order valence-electron chi connectivity index (χ3n) is 2.88. The number of nitrogens with zero attached hydrogens (tertiary/aromatic N) is 1. The summed E-state index contributed by atoms with van der Waals surface area (Å²) in [5, 5.41) is 0. The zero-order valence-corrected chi connectivity index (χ0v) is 11.7. The Bertz CT molecular complexity index is 386. The smallest absolute Gasteiger partial charge is 0.233 e. The first kappa shape index (κ1) is 13.4. The molecular weight excluding hydrogens is 246 g/mol. The van der Waals surface area contributed by atoms with E-state index in [-0.39, 0.29) is 18.1 Å². The summed E-state index contributed by atoms with van der Waals surface area (Å²) >= 11 is 1.59. The molecule has 1 aliphatic heterocycles. The molecule has 2 atom stereocenters. The predicted octanol–water partition coefficient (Wildman–Crippen LogP) is 2.41. The van der Waals surface area contributed by atoms with Gasteiger partial charge in [0.05, 0.1) is 18.0 Å². The van der Waals surface area contributed by atoms with Gasteiger partial charge >= 0.3 is 0 Å². The van der Waals surface area contributed by atoms with Crippen LogP contribution >= 0.6 is 11.8 Å². The highest BCUT2D eigenvalue weighted by Gasteiger charge is 2.25. The van der Waals surface area contributed by atoms with E-state index in [4.69, 9.17) is 4.74 Å². The molecule has 1 fully saturated rings. The van der Waals surface area contributed by atoms with Crippen molar-refractivity contribution < 1.29 is 9.53 Å². The third-order valence-corrected chi connectivity index (χ3v) is 3.87. The molecule has 4 heteroatoms. The lowest BCUT2D eigenvalue weighted by molar-refractivity contribution is -0.140. The quantitative estimate of drug-likeness (QED) is 0.786. The Morgan fingerprint density at radius 3 is 2.50 bits per heavy atom. The maximum absolute atomic E-state index is 12.1. The van der Waals surface area contributed by atoms with Crippen molar-refractivity contribution in [1.29, 1.82) is 0 Å². The Kier molecular flexibility index (Phi) is 4.66. The lowest BCUT2D eigenvalue weighted by Crippen LogP contribution is -2.48. The first-order valence-electron chi connectivity index (χ1n) is 6.26. The van der Waals surface area contributed by atoms with Crippen LogP contribution in [0, 0.1) is 0 Å². The molecule has 2 rings (SSSR count). The van der Waals surface area contributed by atoms with E-state index in [9.17, 15) is 4.79 Å². The highest BCUT2D eigenvalue weighted by atomic mass is 32.2. The molecule has 0 bridgehead atoms.